The summed E-state index contributed by atoms with van der Waals surface area (Å²) in [5, 5.41) is 12.4. The molecule has 4 N–H and O–H groups in total. The summed E-state index contributed by atoms with van der Waals surface area (Å²) >= 11 is 0. The number of rotatable bonds is 2. The van der Waals surface area contributed by atoms with Crippen molar-refractivity contribution in [3.63, 3.8) is 0 Å². The maximum Gasteiger partial charge on any atom is 0.283 e. The average Bonchev–Trinajstić information content (AvgIpc) is 3.03. The monoisotopic (exact) mass is 424 g/mol. The molecule has 1 aromatic heterocycles. The first kappa shape index (κ1) is 19.6. The minimum absolute atomic E-state index is 0.00855. The topological polar surface area (TPSA) is 128 Å². The minimum Gasteiger partial charge on any atom is -0.506 e. The molecule has 1 atom stereocenters. The fourth-order valence-electron chi connectivity index (χ4n) is 4.84. The smallest absolute Gasteiger partial charge is 0.283 e. The first-order chi connectivity index (χ1) is 14.7. The molecule has 0 radical (unpaired) electrons. The number of aliphatic imine (C=N–C) groups is 1. The largest absolute Gasteiger partial charge is 0.506 e. The van der Waals surface area contributed by atoms with Gasteiger partial charge in [0.2, 0.25) is 0 Å². The molecule has 0 bridgehead atoms. The number of benzene rings is 1. The van der Waals surface area contributed by atoms with E-state index in [1.54, 1.807) is 13.0 Å². The van der Waals surface area contributed by atoms with Gasteiger partial charge in [-0.2, -0.15) is 0 Å². The molecule has 31 heavy (non-hydrogen) atoms. The third-order valence-electron chi connectivity index (χ3n) is 6.70. The summed E-state index contributed by atoms with van der Waals surface area (Å²) in [6, 6.07) is 7.07. The Morgan fingerprint density at radius 3 is 2.61 bits per heavy atom. The summed E-state index contributed by atoms with van der Waals surface area (Å²) in [6.07, 6.45) is 1.24. The molecule has 3 aliphatic heterocycles. The van der Waals surface area contributed by atoms with Crippen LogP contribution < -0.4 is 15.8 Å². The van der Waals surface area contributed by atoms with Crippen molar-refractivity contribution in [3.8, 4) is 11.5 Å². The van der Waals surface area contributed by atoms with Crippen LogP contribution in [0.2, 0.25) is 0 Å². The van der Waals surface area contributed by atoms with Crippen LogP contribution in [0.1, 0.15) is 35.5 Å². The van der Waals surface area contributed by atoms with Gasteiger partial charge < -0.3 is 30.4 Å². The number of nitrogens with zero attached hydrogens (tertiary/aromatic N) is 2. The van der Waals surface area contributed by atoms with E-state index in [1.165, 1.54) is 12.3 Å². The van der Waals surface area contributed by atoms with Gasteiger partial charge in [-0.1, -0.05) is 0 Å². The van der Waals surface area contributed by atoms with E-state index < -0.39 is 16.6 Å². The number of amidine groups is 1. The number of carbonyl (C=O) groups excluding carboxylic acids is 1. The lowest BCUT2D eigenvalue weighted by atomic mass is 9.55. The van der Waals surface area contributed by atoms with Gasteiger partial charge in [0.05, 0.1) is 24.8 Å². The summed E-state index contributed by atoms with van der Waals surface area (Å²) in [5.41, 5.74) is 6.33. The van der Waals surface area contributed by atoms with Crippen LogP contribution in [0.25, 0.3) is 0 Å². The number of nitrogens with one attached hydrogen (secondary N) is 1. The van der Waals surface area contributed by atoms with Gasteiger partial charge in [-0.15, -0.1) is 0 Å². The van der Waals surface area contributed by atoms with Crippen LogP contribution in [0.4, 0.5) is 5.69 Å². The Hall–Kier alpha value is -3.33. The number of hydrogen-bond donors (Lipinski definition) is 3. The predicted molar refractivity (Wildman–Crippen MR) is 112 cm³/mol. The van der Waals surface area contributed by atoms with Crippen LogP contribution in [0.15, 0.2) is 35.5 Å². The molecule has 9 heteroatoms. The van der Waals surface area contributed by atoms with E-state index in [-0.39, 0.29) is 30.0 Å². The summed E-state index contributed by atoms with van der Waals surface area (Å²) in [6.45, 7) is 6.98. The summed E-state index contributed by atoms with van der Waals surface area (Å²) < 4.78 is 17.6. The second-order valence-corrected chi connectivity index (χ2v) is 8.81. The SMILES string of the molecule is Cc1cc(O)cnc1C(=O)Nc1ccc2c(c1)C1(COC(N)=N1)C1(COC1)C(C)(C)O2. The number of amides is 1. The van der Waals surface area contributed by atoms with Gasteiger partial charge in [-0.3, -0.25) is 4.79 Å². The molecule has 1 amide bonds. The molecule has 1 saturated heterocycles. The number of hydrogen-bond acceptors (Lipinski definition) is 8. The number of pyridine rings is 1. The fourth-order valence-corrected chi connectivity index (χ4v) is 4.84. The molecule has 1 aromatic carbocycles. The normalized spacial score (nSPS) is 24.5. The molecule has 4 heterocycles. The summed E-state index contributed by atoms with van der Waals surface area (Å²) in [7, 11) is 0. The second kappa shape index (κ2) is 6.34. The van der Waals surface area contributed by atoms with Crippen LogP contribution in [-0.2, 0) is 15.0 Å². The number of aromatic nitrogens is 1. The van der Waals surface area contributed by atoms with Gasteiger partial charge in [-0.25, -0.2) is 9.98 Å². The number of fused-ring (bicyclic) bond motifs is 3. The maximum atomic E-state index is 12.8. The number of aryl methyl sites for hydroxylation is 1. The molecular weight excluding hydrogens is 400 g/mol. The Morgan fingerprint density at radius 1 is 1.23 bits per heavy atom. The van der Waals surface area contributed by atoms with Gasteiger partial charge in [0, 0.05) is 11.3 Å². The van der Waals surface area contributed by atoms with E-state index in [0.29, 0.717) is 30.2 Å². The summed E-state index contributed by atoms with van der Waals surface area (Å²) in [5.74, 6) is 0.298. The molecule has 0 saturated carbocycles. The van der Waals surface area contributed by atoms with Gasteiger partial charge in [0.1, 0.15) is 34.9 Å². The third-order valence-corrected chi connectivity index (χ3v) is 6.70. The first-order valence-corrected chi connectivity index (χ1v) is 10.0. The zero-order valence-corrected chi connectivity index (χ0v) is 17.6. The number of ether oxygens (including phenoxy) is 3. The molecule has 0 aliphatic carbocycles. The van der Waals surface area contributed by atoms with Crippen molar-refractivity contribution in [1.29, 1.82) is 0 Å². The lowest BCUT2D eigenvalue weighted by Crippen LogP contribution is -2.71. The minimum atomic E-state index is -0.778. The highest BCUT2D eigenvalue weighted by Crippen LogP contribution is 2.62. The van der Waals surface area contributed by atoms with Crippen LogP contribution in [0.5, 0.6) is 11.5 Å². The fraction of sp³-hybridized carbons (Fsp3) is 0.409. The Kier molecular flexibility index (Phi) is 4.01. The molecular formula is C22H24N4O5. The zero-order chi connectivity index (χ0) is 22.0. The molecule has 162 valence electrons. The van der Waals surface area contributed by atoms with Crippen LogP contribution in [-0.4, -0.2) is 47.4 Å². The van der Waals surface area contributed by atoms with Crippen LogP contribution in [0.3, 0.4) is 0 Å². The van der Waals surface area contributed by atoms with Crippen molar-refractivity contribution in [2.24, 2.45) is 16.1 Å². The van der Waals surface area contributed by atoms with Crippen molar-refractivity contribution in [1.82, 2.24) is 4.98 Å². The number of carbonyl (C=O) groups is 1. The third kappa shape index (κ3) is 2.62. The first-order valence-electron chi connectivity index (χ1n) is 10.0. The Bertz CT molecular complexity index is 1120. The van der Waals surface area contributed by atoms with E-state index in [0.717, 1.165) is 5.56 Å². The van der Waals surface area contributed by atoms with Crippen LogP contribution >= 0.6 is 0 Å². The molecule has 3 aliphatic rings. The molecule has 2 aromatic rings. The number of nitrogens with two attached hydrogens (primary N) is 1. The van der Waals surface area contributed by atoms with E-state index in [2.05, 4.69) is 10.3 Å². The Morgan fingerprint density at radius 2 is 2.00 bits per heavy atom. The van der Waals surface area contributed by atoms with Crippen molar-refractivity contribution in [2.45, 2.75) is 31.9 Å². The molecule has 1 fully saturated rings. The molecule has 9 nitrogen and oxygen atoms in total. The maximum absolute atomic E-state index is 12.8. The van der Waals surface area contributed by atoms with Crippen molar-refractivity contribution < 1.29 is 24.1 Å². The standard InChI is InChI=1S/C22H24N4O5/c1-12-6-14(27)8-24-17(12)18(28)25-13-4-5-16-15(7-13)22(11-30-19(23)26-22)21(9-29-10-21)20(2,3)31-16/h4-8,27H,9-11H2,1-3H3,(H2,23,26)(H,25,28). The highest BCUT2D eigenvalue weighted by atomic mass is 16.5. The molecule has 5 rings (SSSR count). The summed E-state index contributed by atoms with van der Waals surface area (Å²) in [4.78, 5) is 21.6. The van der Waals surface area contributed by atoms with Gasteiger partial charge in [-0.05, 0) is 50.6 Å². The molecule has 2 spiro atoms. The van der Waals surface area contributed by atoms with E-state index in [4.69, 9.17) is 24.9 Å². The van der Waals surface area contributed by atoms with Crippen LogP contribution in [0, 0.1) is 12.3 Å². The number of anilines is 1. The average molecular weight is 424 g/mol. The predicted octanol–water partition coefficient (Wildman–Crippen LogP) is 2.08. The molecule has 1 unspecified atom stereocenters. The van der Waals surface area contributed by atoms with Crippen molar-refractivity contribution in [2.75, 3.05) is 25.1 Å². The van der Waals surface area contributed by atoms with E-state index >= 15 is 0 Å². The Balaban J connectivity index is 1.56. The van der Waals surface area contributed by atoms with Gasteiger partial charge in [0.25, 0.3) is 11.9 Å². The van der Waals surface area contributed by atoms with E-state index in [1.807, 2.05) is 26.0 Å². The number of aromatic hydroxyl groups is 1. The van der Waals surface area contributed by atoms with Crippen molar-refractivity contribution >= 4 is 17.6 Å². The van der Waals surface area contributed by atoms with Crippen molar-refractivity contribution in [3.05, 3.63) is 47.3 Å². The van der Waals surface area contributed by atoms with E-state index in [9.17, 15) is 9.90 Å². The lowest BCUT2D eigenvalue weighted by Gasteiger charge is -2.61. The highest BCUT2D eigenvalue weighted by molar-refractivity contribution is 6.04. The Labute approximate surface area is 179 Å². The highest BCUT2D eigenvalue weighted by Gasteiger charge is 2.71. The van der Waals surface area contributed by atoms with Gasteiger partial charge >= 0.3 is 0 Å². The lowest BCUT2D eigenvalue weighted by molar-refractivity contribution is -0.247. The van der Waals surface area contributed by atoms with Gasteiger partial charge in [0.15, 0.2) is 0 Å². The zero-order valence-electron chi connectivity index (χ0n) is 17.6. The quantitative estimate of drug-likeness (QED) is 0.673. The second-order valence-electron chi connectivity index (χ2n) is 8.81.